The summed E-state index contributed by atoms with van der Waals surface area (Å²) in [4.78, 5) is 0.260. The van der Waals surface area contributed by atoms with Gasteiger partial charge in [-0.25, -0.2) is 8.42 Å². The van der Waals surface area contributed by atoms with E-state index in [1.165, 1.54) is 21.4 Å². The van der Waals surface area contributed by atoms with Gasteiger partial charge in [-0.1, -0.05) is 0 Å². The Balaban J connectivity index is 2.20. The summed E-state index contributed by atoms with van der Waals surface area (Å²) in [7, 11) is -1.70. The van der Waals surface area contributed by atoms with E-state index in [1.54, 1.807) is 7.05 Å². The number of aromatic nitrogens is 2. The fourth-order valence-corrected chi connectivity index (χ4v) is 3.82. The summed E-state index contributed by atoms with van der Waals surface area (Å²) in [6.45, 7) is 3.01. The van der Waals surface area contributed by atoms with Crippen molar-refractivity contribution < 1.29 is 8.42 Å². The van der Waals surface area contributed by atoms with E-state index in [2.05, 4.69) is 5.10 Å². The highest BCUT2D eigenvalue weighted by Crippen LogP contribution is 2.24. The summed E-state index contributed by atoms with van der Waals surface area (Å²) >= 11 is 0. The van der Waals surface area contributed by atoms with Crippen LogP contribution in [0.3, 0.4) is 0 Å². The first kappa shape index (κ1) is 13.5. The number of nitrogens with two attached hydrogens (primary N) is 1. The summed E-state index contributed by atoms with van der Waals surface area (Å²) in [5.41, 5.74) is 5.88. The highest BCUT2D eigenvalue weighted by atomic mass is 32.2. The minimum absolute atomic E-state index is 0.0249. The van der Waals surface area contributed by atoms with Crippen LogP contribution >= 0.6 is 0 Å². The topological polar surface area (TPSA) is 81.2 Å². The minimum Gasteiger partial charge on any atom is -0.328 e. The van der Waals surface area contributed by atoms with Crippen molar-refractivity contribution in [3.8, 4) is 0 Å². The van der Waals surface area contributed by atoms with E-state index >= 15 is 0 Å². The van der Waals surface area contributed by atoms with Gasteiger partial charge in [0.1, 0.15) is 4.90 Å². The second-order valence-corrected chi connectivity index (χ2v) is 6.91. The summed E-state index contributed by atoms with van der Waals surface area (Å²) in [6, 6.07) is 0.0249. The van der Waals surface area contributed by atoms with Gasteiger partial charge >= 0.3 is 0 Å². The molecular weight excluding hydrogens is 252 g/mol. The molecule has 1 aliphatic rings. The molecule has 0 saturated carbocycles. The lowest BCUT2D eigenvalue weighted by Gasteiger charge is -2.33. The summed E-state index contributed by atoms with van der Waals surface area (Å²) in [5, 5.41) is 3.92. The third-order valence-corrected chi connectivity index (χ3v) is 5.30. The van der Waals surface area contributed by atoms with Crippen molar-refractivity contribution in [1.82, 2.24) is 14.1 Å². The molecule has 0 amide bonds. The molecule has 0 spiro atoms. The maximum absolute atomic E-state index is 12.4. The van der Waals surface area contributed by atoms with Crippen LogP contribution in [0.25, 0.3) is 0 Å². The Hall–Kier alpha value is -0.920. The van der Waals surface area contributed by atoms with Crippen molar-refractivity contribution in [3.05, 3.63) is 12.4 Å². The smallest absolute Gasteiger partial charge is 0.246 e. The molecule has 1 aliphatic heterocycles. The van der Waals surface area contributed by atoms with Gasteiger partial charge in [-0.3, -0.25) is 4.68 Å². The normalized spacial score (nSPS) is 24.1. The van der Waals surface area contributed by atoms with Gasteiger partial charge in [0.2, 0.25) is 10.0 Å². The third kappa shape index (κ3) is 2.57. The van der Waals surface area contributed by atoms with E-state index in [9.17, 15) is 8.42 Å². The fourth-order valence-electron chi connectivity index (χ4n) is 2.30. The molecule has 0 aliphatic carbocycles. The molecule has 6 nitrogen and oxygen atoms in total. The second-order valence-electron chi connectivity index (χ2n) is 4.97. The van der Waals surface area contributed by atoms with Gasteiger partial charge in [-0.15, -0.1) is 0 Å². The first-order valence-electron chi connectivity index (χ1n) is 6.15. The lowest BCUT2D eigenvalue weighted by molar-refractivity contribution is 0.243. The van der Waals surface area contributed by atoms with Crippen molar-refractivity contribution in [2.45, 2.75) is 30.7 Å². The van der Waals surface area contributed by atoms with Gasteiger partial charge in [0.25, 0.3) is 0 Å². The first-order chi connectivity index (χ1) is 8.41. The van der Waals surface area contributed by atoms with E-state index < -0.39 is 10.0 Å². The van der Waals surface area contributed by atoms with Gasteiger partial charge in [0, 0.05) is 32.4 Å². The van der Waals surface area contributed by atoms with Gasteiger partial charge in [-0.2, -0.15) is 9.40 Å². The predicted molar refractivity (Wildman–Crippen MR) is 68.3 cm³/mol. The fraction of sp³-hybridized carbons (Fsp3) is 0.727. The first-order valence-corrected chi connectivity index (χ1v) is 7.59. The number of hydrogen-bond donors (Lipinski definition) is 1. The van der Waals surface area contributed by atoms with Crippen LogP contribution in [0, 0.1) is 5.92 Å². The van der Waals surface area contributed by atoms with Crippen LogP contribution in [-0.4, -0.2) is 41.6 Å². The third-order valence-electron chi connectivity index (χ3n) is 3.48. The molecule has 1 aromatic rings. The van der Waals surface area contributed by atoms with Crippen molar-refractivity contribution >= 4 is 10.0 Å². The second kappa shape index (κ2) is 4.99. The van der Waals surface area contributed by atoms with Crippen molar-refractivity contribution in [3.63, 3.8) is 0 Å². The zero-order valence-electron chi connectivity index (χ0n) is 10.8. The van der Waals surface area contributed by atoms with Crippen LogP contribution in [0.2, 0.25) is 0 Å². The Kier molecular flexibility index (Phi) is 3.74. The van der Waals surface area contributed by atoms with Gasteiger partial charge in [0.15, 0.2) is 0 Å². The molecule has 2 rings (SSSR count). The molecule has 0 unspecified atom stereocenters. The molecule has 0 bridgehead atoms. The summed E-state index contributed by atoms with van der Waals surface area (Å²) in [6.07, 6.45) is 4.79. The molecule has 2 heterocycles. The Bertz CT molecular complexity index is 509. The summed E-state index contributed by atoms with van der Waals surface area (Å²) < 4.78 is 27.8. The Morgan fingerprint density at radius 1 is 1.56 bits per heavy atom. The molecule has 2 atom stereocenters. The van der Waals surface area contributed by atoms with Crippen LogP contribution in [0.1, 0.15) is 19.8 Å². The largest absolute Gasteiger partial charge is 0.328 e. The number of aryl methyl sites for hydroxylation is 1. The van der Waals surface area contributed by atoms with Gasteiger partial charge < -0.3 is 5.73 Å². The van der Waals surface area contributed by atoms with E-state index in [-0.39, 0.29) is 16.9 Å². The van der Waals surface area contributed by atoms with Crippen molar-refractivity contribution in [2.24, 2.45) is 18.7 Å². The Labute approximate surface area is 108 Å². The van der Waals surface area contributed by atoms with Crippen LogP contribution in [-0.2, 0) is 17.1 Å². The highest BCUT2D eigenvalue weighted by Gasteiger charge is 2.32. The zero-order valence-corrected chi connectivity index (χ0v) is 11.6. The molecule has 102 valence electrons. The molecule has 1 saturated heterocycles. The molecule has 1 aromatic heterocycles. The maximum Gasteiger partial charge on any atom is 0.246 e. The Morgan fingerprint density at radius 3 is 2.83 bits per heavy atom. The lowest BCUT2D eigenvalue weighted by Crippen LogP contribution is -2.44. The van der Waals surface area contributed by atoms with Crippen LogP contribution in [0.4, 0.5) is 0 Å². The van der Waals surface area contributed by atoms with E-state index in [1.807, 2.05) is 6.92 Å². The quantitative estimate of drug-likeness (QED) is 0.850. The Morgan fingerprint density at radius 2 is 2.28 bits per heavy atom. The SMILES string of the molecule is C[C@@H](N)[C@@H]1CCCN(S(=O)(=O)c2cnn(C)c2)C1. The van der Waals surface area contributed by atoms with Crippen LogP contribution in [0.5, 0.6) is 0 Å². The molecule has 2 N–H and O–H groups in total. The molecule has 1 fully saturated rings. The monoisotopic (exact) mass is 272 g/mol. The number of nitrogens with zero attached hydrogens (tertiary/aromatic N) is 3. The number of piperidine rings is 1. The van der Waals surface area contributed by atoms with Crippen LogP contribution < -0.4 is 5.73 Å². The van der Waals surface area contributed by atoms with Crippen molar-refractivity contribution in [2.75, 3.05) is 13.1 Å². The van der Waals surface area contributed by atoms with Gasteiger partial charge in [0.05, 0.1) is 6.20 Å². The average molecular weight is 272 g/mol. The maximum atomic E-state index is 12.4. The highest BCUT2D eigenvalue weighted by molar-refractivity contribution is 7.89. The molecular formula is C11H20N4O2S. The molecule has 0 radical (unpaired) electrons. The minimum atomic E-state index is -3.41. The van der Waals surface area contributed by atoms with Crippen LogP contribution in [0.15, 0.2) is 17.3 Å². The number of hydrogen-bond acceptors (Lipinski definition) is 4. The standard InChI is InChI=1S/C11H20N4O2S/c1-9(12)10-4-3-5-15(7-10)18(16,17)11-6-13-14(2)8-11/h6,8-10H,3-5,7,12H2,1-2H3/t9-,10-/m1/s1. The lowest BCUT2D eigenvalue weighted by atomic mass is 9.93. The van der Waals surface area contributed by atoms with E-state index in [0.717, 1.165) is 12.8 Å². The zero-order chi connectivity index (χ0) is 13.3. The van der Waals surface area contributed by atoms with Crippen molar-refractivity contribution in [1.29, 1.82) is 0 Å². The van der Waals surface area contributed by atoms with E-state index in [0.29, 0.717) is 13.1 Å². The van der Waals surface area contributed by atoms with Gasteiger partial charge in [-0.05, 0) is 25.7 Å². The molecule has 18 heavy (non-hydrogen) atoms. The predicted octanol–water partition coefficient (Wildman–Crippen LogP) is 0.168. The summed E-state index contributed by atoms with van der Waals surface area (Å²) in [5.74, 6) is 0.241. The number of sulfonamides is 1. The molecule has 0 aromatic carbocycles. The average Bonchev–Trinajstić information content (AvgIpc) is 2.77. The molecule has 7 heteroatoms. The number of rotatable bonds is 3. The van der Waals surface area contributed by atoms with E-state index in [4.69, 9.17) is 5.73 Å².